The molecule has 3 aromatic carbocycles. The number of H-pyrrole nitrogens is 1. The minimum Gasteiger partial charge on any atom is -0.497 e. The SMILES string of the molecule is COc1ccc2[nH]c3c(c4c(c5c6cc(OC)ccc6n(C)c35)C(=O)N(C)C4=O)c2c1. The van der Waals surface area contributed by atoms with Gasteiger partial charge < -0.3 is 19.0 Å². The number of carbonyl (C=O) groups is 2. The third-order valence-electron chi connectivity index (χ3n) is 6.44. The van der Waals surface area contributed by atoms with Gasteiger partial charge in [-0.05, 0) is 36.4 Å². The van der Waals surface area contributed by atoms with Crippen LogP contribution >= 0.6 is 0 Å². The highest BCUT2D eigenvalue weighted by molar-refractivity contribution is 6.39. The molecule has 0 aliphatic carbocycles. The van der Waals surface area contributed by atoms with Crippen molar-refractivity contribution in [2.24, 2.45) is 7.05 Å². The third-order valence-corrected chi connectivity index (χ3v) is 6.44. The van der Waals surface area contributed by atoms with E-state index in [1.54, 1.807) is 14.2 Å². The van der Waals surface area contributed by atoms with Gasteiger partial charge in [-0.1, -0.05) is 0 Å². The zero-order chi connectivity index (χ0) is 21.6. The molecule has 0 saturated carbocycles. The predicted molar refractivity (Wildman–Crippen MR) is 119 cm³/mol. The first-order valence-electron chi connectivity index (χ1n) is 9.90. The highest BCUT2D eigenvalue weighted by Gasteiger charge is 2.39. The number of carbonyl (C=O) groups excluding carboxylic acids is 2. The maximum atomic E-state index is 13.3. The number of amides is 2. The Morgan fingerprint density at radius 1 is 0.806 bits per heavy atom. The van der Waals surface area contributed by atoms with E-state index >= 15 is 0 Å². The molecule has 0 spiro atoms. The smallest absolute Gasteiger partial charge is 0.262 e. The van der Waals surface area contributed by atoms with Crippen LogP contribution in [0.5, 0.6) is 11.5 Å². The molecule has 0 fully saturated rings. The Morgan fingerprint density at radius 3 is 2.10 bits per heavy atom. The first kappa shape index (κ1) is 17.8. The molecule has 3 heterocycles. The summed E-state index contributed by atoms with van der Waals surface area (Å²) in [7, 11) is 6.73. The number of fused-ring (bicyclic) bond motifs is 10. The zero-order valence-corrected chi connectivity index (χ0v) is 17.5. The van der Waals surface area contributed by atoms with Gasteiger partial charge >= 0.3 is 0 Å². The summed E-state index contributed by atoms with van der Waals surface area (Å²) in [4.78, 5) is 31.2. The van der Waals surface area contributed by atoms with E-state index in [-0.39, 0.29) is 11.8 Å². The van der Waals surface area contributed by atoms with Crippen LogP contribution < -0.4 is 9.47 Å². The van der Waals surface area contributed by atoms with Gasteiger partial charge in [-0.25, -0.2) is 0 Å². The predicted octanol–water partition coefficient (Wildman–Crippen LogP) is 4.21. The van der Waals surface area contributed by atoms with Crippen LogP contribution in [0.4, 0.5) is 0 Å². The minimum absolute atomic E-state index is 0.292. The number of imide groups is 1. The molecule has 0 atom stereocenters. The number of aryl methyl sites for hydroxylation is 1. The number of rotatable bonds is 2. The van der Waals surface area contributed by atoms with Crippen LogP contribution in [0.2, 0.25) is 0 Å². The number of aromatic amines is 1. The first-order valence-corrected chi connectivity index (χ1v) is 9.90. The lowest BCUT2D eigenvalue weighted by Crippen LogP contribution is -2.24. The maximum Gasteiger partial charge on any atom is 0.262 e. The number of ether oxygens (including phenoxy) is 2. The van der Waals surface area contributed by atoms with Gasteiger partial charge in [0.05, 0.1) is 36.4 Å². The summed E-state index contributed by atoms with van der Waals surface area (Å²) in [6, 6.07) is 11.5. The fourth-order valence-electron chi connectivity index (χ4n) is 4.94. The van der Waals surface area contributed by atoms with E-state index in [0.717, 1.165) is 43.6 Å². The fourth-order valence-corrected chi connectivity index (χ4v) is 4.94. The van der Waals surface area contributed by atoms with Crippen LogP contribution in [0, 0.1) is 0 Å². The minimum atomic E-state index is -0.296. The molecule has 31 heavy (non-hydrogen) atoms. The lowest BCUT2D eigenvalue weighted by molar-refractivity contribution is 0.0694. The average molecular weight is 413 g/mol. The molecule has 0 bridgehead atoms. The van der Waals surface area contributed by atoms with Crippen molar-refractivity contribution in [2.75, 3.05) is 21.3 Å². The van der Waals surface area contributed by atoms with E-state index in [1.165, 1.54) is 11.9 Å². The molecule has 7 heteroatoms. The summed E-state index contributed by atoms with van der Waals surface area (Å²) in [6.07, 6.45) is 0. The Hall–Kier alpha value is -4.00. The number of aromatic nitrogens is 2. The van der Waals surface area contributed by atoms with Crippen molar-refractivity contribution < 1.29 is 19.1 Å². The Balaban J connectivity index is 1.96. The van der Waals surface area contributed by atoms with Crippen LogP contribution in [0.1, 0.15) is 20.7 Å². The van der Waals surface area contributed by atoms with E-state index in [4.69, 9.17) is 9.47 Å². The molecule has 154 valence electrons. The molecule has 2 amide bonds. The highest BCUT2D eigenvalue weighted by atomic mass is 16.5. The van der Waals surface area contributed by atoms with Crippen molar-refractivity contribution in [3.05, 3.63) is 47.5 Å². The van der Waals surface area contributed by atoms with E-state index in [0.29, 0.717) is 22.6 Å². The summed E-state index contributed by atoms with van der Waals surface area (Å²) >= 11 is 0. The topological polar surface area (TPSA) is 76.6 Å². The lowest BCUT2D eigenvalue weighted by atomic mass is 9.96. The number of nitrogens with zero attached hydrogens (tertiary/aromatic N) is 2. The molecule has 1 N–H and O–H groups in total. The second-order valence-electron chi connectivity index (χ2n) is 7.87. The van der Waals surface area contributed by atoms with E-state index in [9.17, 15) is 9.59 Å². The Kier molecular flexibility index (Phi) is 3.33. The maximum absolute atomic E-state index is 13.3. The highest BCUT2D eigenvalue weighted by Crippen LogP contribution is 2.45. The molecule has 5 aromatic rings. The molecule has 1 aliphatic heterocycles. The Bertz CT molecular complexity index is 1620. The van der Waals surface area contributed by atoms with Gasteiger partial charge in [-0.2, -0.15) is 0 Å². The summed E-state index contributed by atoms with van der Waals surface area (Å²) in [5.41, 5.74) is 4.41. The number of nitrogens with one attached hydrogen (secondary N) is 1. The van der Waals surface area contributed by atoms with Crippen LogP contribution in [-0.2, 0) is 7.05 Å². The molecular formula is C24H19N3O4. The summed E-state index contributed by atoms with van der Waals surface area (Å²) < 4.78 is 12.9. The van der Waals surface area contributed by atoms with Crippen LogP contribution in [0.15, 0.2) is 36.4 Å². The van der Waals surface area contributed by atoms with E-state index in [2.05, 4.69) is 9.55 Å². The first-order chi connectivity index (χ1) is 15.0. The molecule has 1 aliphatic rings. The largest absolute Gasteiger partial charge is 0.497 e. The van der Waals surface area contributed by atoms with Crippen molar-refractivity contribution in [1.29, 1.82) is 0 Å². The molecule has 6 rings (SSSR count). The van der Waals surface area contributed by atoms with Crippen molar-refractivity contribution in [1.82, 2.24) is 14.5 Å². The molecular weight excluding hydrogens is 394 g/mol. The van der Waals surface area contributed by atoms with Gasteiger partial charge in [-0.15, -0.1) is 0 Å². The van der Waals surface area contributed by atoms with Gasteiger partial charge in [0.1, 0.15) is 11.5 Å². The van der Waals surface area contributed by atoms with E-state index in [1.807, 2.05) is 43.4 Å². The third kappa shape index (κ3) is 2.02. The van der Waals surface area contributed by atoms with E-state index < -0.39 is 0 Å². The number of benzene rings is 3. The summed E-state index contributed by atoms with van der Waals surface area (Å²) in [6.45, 7) is 0. The van der Waals surface area contributed by atoms with Gasteiger partial charge in [-0.3, -0.25) is 14.5 Å². The quantitative estimate of drug-likeness (QED) is 0.440. The second kappa shape index (κ2) is 5.78. The molecule has 0 radical (unpaired) electrons. The van der Waals surface area contributed by atoms with Gasteiger partial charge in [0, 0.05) is 46.7 Å². The van der Waals surface area contributed by atoms with Crippen molar-refractivity contribution >= 4 is 55.4 Å². The Morgan fingerprint density at radius 2 is 1.42 bits per heavy atom. The fraction of sp³-hybridized carbons (Fsp3) is 0.167. The second-order valence-corrected chi connectivity index (χ2v) is 7.87. The normalized spacial score (nSPS) is 13.9. The molecule has 0 unspecified atom stereocenters. The number of hydrogen-bond acceptors (Lipinski definition) is 4. The van der Waals surface area contributed by atoms with Crippen LogP contribution in [0.3, 0.4) is 0 Å². The molecule has 7 nitrogen and oxygen atoms in total. The number of methoxy groups -OCH3 is 2. The average Bonchev–Trinajstić information content (AvgIpc) is 3.38. The van der Waals surface area contributed by atoms with Crippen LogP contribution in [-0.4, -0.2) is 47.5 Å². The molecule has 2 aromatic heterocycles. The van der Waals surface area contributed by atoms with Crippen LogP contribution in [0.25, 0.3) is 43.6 Å². The number of hydrogen-bond donors (Lipinski definition) is 1. The monoisotopic (exact) mass is 413 g/mol. The molecule has 0 saturated heterocycles. The summed E-state index contributed by atoms with van der Waals surface area (Å²) in [5, 5.41) is 3.24. The Labute approximate surface area is 176 Å². The lowest BCUT2D eigenvalue weighted by Gasteiger charge is -2.05. The standard InChI is InChI=1S/C24H19N3O4/c1-26-16-8-6-12(31-4)10-14(16)18-20-19(23(28)27(2)24(20)29)17-13-9-11(30-3)5-7-15(13)25-21(17)22(18)26/h5-10,25H,1-4H3. The van der Waals surface area contributed by atoms with Gasteiger partial charge in [0.2, 0.25) is 0 Å². The van der Waals surface area contributed by atoms with Crippen molar-refractivity contribution in [3.63, 3.8) is 0 Å². The van der Waals surface area contributed by atoms with Crippen molar-refractivity contribution in [3.8, 4) is 11.5 Å². The summed E-state index contributed by atoms with van der Waals surface area (Å²) in [5.74, 6) is 0.796. The van der Waals surface area contributed by atoms with Gasteiger partial charge in [0.15, 0.2) is 0 Å². The van der Waals surface area contributed by atoms with Gasteiger partial charge in [0.25, 0.3) is 11.8 Å². The van der Waals surface area contributed by atoms with Crippen molar-refractivity contribution in [2.45, 2.75) is 0 Å². The zero-order valence-electron chi connectivity index (χ0n) is 17.5.